The Bertz CT molecular complexity index is 263. The molecule has 18 heavy (non-hydrogen) atoms. The molecule has 1 aliphatic carbocycles. The molecule has 1 aliphatic rings. The van der Waals surface area contributed by atoms with E-state index in [1.807, 2.05) is 0 Å². The van der Waals surface area contributed by atoms with Crippen LogP contribution < -0.4 is 11.1 Å². The van der Waals surface area contributed by atoms with E-state index in [-0.39, 0.29) is 5.41 Å². The Morgan fingerprint density at radius 3 is 2.78 bits per heavy atom. The SMILES string of the molecule is CC(C)COCCCNCC1(CC(N)=NO)CC1. The van der Waals surface area contributed by atoms with Crippen molar-refractivity contribution in [2.24, 2.45) is 22.2 Å². The molecule has 0 atom stereocenters. The first kappa shape index (κ1) is 15.2. The van der Waals surface area contributed by atoms with Gasteiger partial charge in [0.25, 0.3) is 0 Å². The van der Waals surface area contributed by atoms with Gasteiger partial charge >= 0.3 is 0 Å². The molecule has 0 aromatic carbocycles. The number of nitrogens with zero attached hydrogens (tertiary/aromatic N) is 1. The minimum atomic E-state index is 0.245. The van der Waals surface area contributed by atoms with Crippen molar-refractivity contribution in [1.29, 1.82) is 0 Å². The monoisotopic (exact) mass is 257 g/mol. The summed E-state index contributed by atoms with van der Waals surface area (Å²) in [6, 6.07) is 0. The molecule has 5 heteroatoms. The normalized spacial score (nSPS) is 18.3. The Kier molecular flexibility index (Phi) is 6.43. The molecule has 0 aromatic heterocycles. The number of ether oxygens (including phenoxy) is 1. The van der Waals surface area contributed by atoms with Crippen LogP contribution in [0.25, 0.3) is 0 Å². The predicted octanol–water partition coefficient (Wildman–Crippen LogP) is 1.56. The van der Waals surface area contributed by atoms with E-state index in [1.165, 1.54) is 12.8 Å². The Labute approximate surface area is 110 Å². The maximum atomic E-state index is 8.57. The van der Waals surface area contributed by atoms with Crippen LogP contribution in [0.5, 0.6) is 0 Å². The second kappa shape index (κ2) is 7.59. The first-order valence-electron chi connectivity index (χ1n) is 6.83. The van der Waals surface area contributed by atoms with Gasteiger partial charge in [-0.3, -0.25) is 0 Å². The van der Waals surface area contributed by atoms with Crippen LogP contribution in [0.1, 0.15) is 39.5 Å². The van der Waals surface area contributed by atoms with Crippen molar-refractivity contribution in [3.8, 4) is 0 Å². The van der Waals surface area contributed by atoms with Crippen LogP contribution in [0.3, 0.4) is 0 Å². The van der Waals surface area contributed by atoms with E-state index in [0.717, 1.165) is 32.7 Å². The number of nitrogens with one attached hydrogen (secondary N) is 1. The lowest BCUT2D eigenvalue weighted by Crippen LogP contribution is -2.29. The van der Waals surface area contributed by atoms with Crippen molar-refractivity contribution in [2.45, 2.75) is 39.5 Å². The molecule has 0 aliphatic heterocycles. The topological polar surface area (TPSA) is 79.9 Å². The van der Waals surface area contributed by atoms with Crippen LogP contribution in [-0.4, -0.2) is 37.3 Å². The van der Waals surface area contributed by atoms with E-state index in [1.54, 1.807) is 0 Å². The number of rotatable bonds is 10. The molecular weight excluding hydrogens is 230 g/mol. The van der Waals surface area contributed by atoms with E-state index >= 15 is 0 Å². The second-order valence-corrected chi connectivity index (χ2v) is 5.77. The van der Waals surface area contributed by atoms with E-state index in [0.29, 0.717) is 18.2 Å². The minimum absolute atomic E-state index is 0.245. The lowest BCUT2D eigenvalue weighted by Gasteiger charge is -2.15. The highest BCUT2D eigenvalue weighted by Gasteiger charge is 2.42. The van der Waals surface area contributed by atoms with Crippen molar-refractivity contribution >= 4 is 5.84 Å². The zero-order valence-corrected chi connectivity index (χ0v) is 11.6. The van der Waals surface area contributed by atoms with Gasteiger partial charge in [-0.25, -0.2) is 0 Å². The largest absolute Gasteiger partial charge is 0.409 e. The molecule has 0 unspecified atom stereocenters. The highest BCUT2D eigenvalue weighted by molar-refractivity contribution is 5.80. The minimum Gasteiger partial charge on any atom is -0.409 e. The Morgan fingerprint density at radius 2 is 2.22 bits per heavy atom. The van der Waals surface area contributed by atoms with Gasteiger partial charge in [0.2, 0.25) is 0 Å². The van der Waals surface area contributed by atoms with Gasteiger partial charge in [0.1, 0.15) is 5.84 Å². The van der Waals surface area contributed by atoms with Crippen molar-refractivity contribution in [1.82, 2.24) is 5.32 Å². The fourth-order valence-corrected chi connectivity index (χ4v) is 1.98. The van der Waals surface area contributed by atoms with Crippen LogP contribution >= 0.6 is 0 Å². The molecule has 4 N–H and O–H groups in total. The maximum absolute atomic E-state index is 8.57. The Hall–Kier alpha value is -0.810. The van der Waals surface area contributed by atoms with Gasteiger partial charge in [-0.05, 0) is 37.1 Å². The third-order valence-electron chi connectivity index (χ3n) is 3.24. The van der Waals surface area contributed by atoms with Gasteiger partial charge in [0, 0.05) is 26.2 Å². The number of hydrogen-bond acceptors (Lipinski definition) is 4. The van der Waals surface area contributed by atoms with Gasteiger partial charge in [0.05, 0.1) is 0 Å². The smallest absolute Gasteiger partial charge is 0.139 e. The third kappa shape index (κ3) is 6.21. The van der Waals surface area contributed by atoms with Gasteiger partial charge in [-0.15, -0.1) is 0 Å². The van der Waals surface area contributed by atoms with Gasteiger partial charge in [-0.1, -0.05) is 19.0 Å². The van der Waals surface area contributed by atoms with E-state index in [4.69, 9.17) is 15.7 Å². The van der Waals surface area contributed by atoms with Crippen LogP contribution in [0.2, 0.25) is 0 Å². The summed E-state index contributed by atoms with van der Waals surface area (Å²) in [4.78, 5) is 0. The average Bonchev–Trinajstić information content (AvgIpc) is 3.07. The molecule has 0 aromatic rings. The molecule has 0 amide bonds. The molecule has 0 radical (unpaired) electrons. The Morgan fingerprint density at radius 1 is 1.50 bits per heavy atom. The molecule has 1 saturated carbocycles. The average molecular weight is 257 g/mol. The van der Waals surface area contributed by atoms with Gasteiger partial charge < -0.3 is 21.0 Å². The molecular formula is C13H27N3O2. The number of hydrogen-bond donors (Lipinski definition) is 3. The summed E-state index contributed by atoms with van der Waals surface area (Å²) in [5.74, 6) is 0.947. The number of nitrogens with two attached hydrogens (primary N) is 1. The third-order valence-corrected chi connectivity index (χ3v) is 3.24. The summed E-state index contributed by atoms with van der Waals surface area (Å²) < 4.78 is 5.51. The molecule has 0 heterocycles. The summed E-state index contributed by atoms with van der Waals surface area (Å²) in [7, 11) is 0. The second-order valence-electron chi connectivity index (χ2n) is 5.77. The highest BCUT2D eigenvalue weighted by atomic mass is 16.5. The first-order valence-corrected chi connectivity index (χ1v) is 6.83. The Balaban J connectivity index is 1.98. The van der Waals surface area contributed by atoms with E-state index < -0.39 is 0 Å². The van der Waals surface area contributed by atoms with Gasteiger partial charge in [-0.2, -0.15) is 0 Å². The zero-order valence-electron chi connectivity index (χ0n) is 11.6. The maximum Gasteiger partial charge on any atom is 0.139 e. The summed E-state index contributed by atoms with van der Waals surface area (Å²) in [6.07, 6.45) is 4.06. The molecule has 0 spiro atoms. The lowest BCUT2D eigenvalue weighted by molar-refractivity contribution is 0.107. The van der Waals surface area contributed by atoms with Gasteiger partial charge in [0.15, 0.2) is 0 Å². The van der Waals surface area contributed by atoms with Crippen molar-refractivity contribution < 1.29 is 9.94 Å². The molecule has 106 valence electrons. The first-order chi connectivity index (χ1) is 8.58. The molecule has 0 saturated heterocycles. The summed E-state index contributed by atoms with van der Waals surface area (Å²) in [5.41, 5.74) is 5.79. The summed E-state index contributed by atoms with van der Waals surface area (Å²) >= 11 is 0. The van der Waals surface area contributed by atoms with Crippen molar-refractivity contribution in [2.75, 3.05) is 26.3 Å². The van der Waals surface area contributed by atoms with Crippen LogP contribution in [0.15, 0.2) is 5.16 Å². The molecule has 1 fully saturated rings. The standard InChI is InChI=1S/C13H27N3O2/c1-11(2)9-18-7-3-6-15-10-13(4-5-13)8-12(14)16-17/h11,15,17H,3-10H2,1-2H3,(H2,14,16). The van der Waals surface area contributed by atoms with Crippen LogP contribution in [0, 0.1) is 11.3 Å². The fourth-order valence-electron chi connectivity index (χ4n) is 1.98. The van der Waals surface area contributed by atoms with Crippen molar-refractivity contribution in [3.05, 3.63) is 0 Å². The fraction of sp³-hybridized carbons (Fsp3) is 0.923. The van der Waals surface area contributed by atoms with E-state index in [2.05, 4.69) is 24.3 Å². The molecule has 5 nitrogen and oxygen atoms in total. The van der Waals surface area contributed by atoms with Crippen LogP contribution in [0.4, 0.5) is 0 Å². The van der Waals surface area contributed by atoms with Crippen LogP contribution in [-0.2, 0) is 4.74 Å². The summed E-state index contributed by atoms with van der Waals surface area (Å²) in [5, 5.41) is 15.0. The highest BCUT2D eigenvalue weighted by Crippen LogP contribution is 2.48. The quantitative estimate of drug-likeness (QED) is 0.182. The molecule has 0 bridgehead atoms. The lowest BCUT2D eigenvalue weighted by atomic mass is 10.0. The number of oxime groups is 1. The molecule has 1 rings (SSSR count). The summed E-state index contributed by atoms with van der Waals surface area (Å²) in [6.45, 7) is 7.89. The van der Waals surface area contributed by atoms with Crippen molar-refractivity contribution in [3.63, 3.8) is 0 Å². The zero-order chi connectivity index (χ0) is 13.4. The van der Waals surface area contributed by atoms with E-state index in [9.17, 15) is 0 Å². The number of amidine groups is 1. The predicted molar refractivity (Wildman–Crippen MR) is 72.8 cm³/mol.